The van der Waals surface area contributed by atoms with Crippen LogP contribution in [0.2, 0.25) is 0 Å². The van der Waals surface area contributed by atoms with E-state index in [1.54, 1.807) is 10.3 Å². The molecule has 0 radical (unpaired) electrons. The third kappa shape index (κ3) is 5.99. The molecule has 11 heteroatoms. The minimum atomic E-state index is -1.15. The Labute approximate surface area is 235 Å². The Morgan fingerprint density at radius 3 is 2.62 bits per heavy atom. The first kappa shape index (κ1) is 27.7. The second-order valence-corrected chi connectivity index (χ2v) is 11.0. The fourth-order valence-electron chi connectivity index (χ4n) is 5.11. The van der Waals surface area contributed by atoms with Gasteiger partial charge >= 0.3 is 6.09 Å². The number of rotatable bonds is 6. The summed E-state index contributed by atoms with van der Waals surface area (Å²) in [6.07, 6.45) is 2.32. The van der Waals surface area contributed by atoms with Gasteiger partial charge in [0.1, 0.15) is 17.3 Å². The van der Waals surface area contributed by atoms with Crippen molar-refractivity contribution >= 4 is 29.2 Å². The predicted molar refractivity (Wildman–Crippen MR) is 145 cm³/mol. The molecule has 0 bridgehead atoms. The van der Waals surface area contributed by atoms with Crippen LogP contribution in [0.1, 0.15) is 68.7 Å². The highest BCUT2D eigenvalue weighted by Crippen LogP contribution is 2.35. The zero-order valence-electron chi connectivity index (χ0n) is 22.1. The number of benzene rings is 2. The van der Waals surface area contributed by atoms with E-state index in [0.29, 0.717) is 37.5 Å². The van der Waals surface area contributed by atoms with Gasteiger partial charge in [-0.15, -0.1) is 11.3 Å². The van der Waals surface area contributed by atoms with Crippen LogP contribution in [-0.4, -0.2) is 58.4 Å². The van der Waals surface area contributed by atoms with Crippen LogP contribution in [0.3, 0.4) is 0 Å². The summed E-state index contributed by atoms with van der Waals surface area (Å²) in [6, 6.07) is 11.4. The first-order valence-corrected chi connectivity index (χ1v) is 14.2. The summed E-state index contributed by atoms with van der Waals surface area (Å²) < 4.78 is 34.0. The number of aryl methyl sites for hydroxylation is 1. The molecule has 3 amide bonds. The van der Waals surface area contributed by atoms with Gasteiger partial charge in [-0.2, -0.15) is 0 Å². The zero-order chi connectivity index (χ0) is 28.2. The maximum atomic E-state index is 14.5. The van der Waals surface area contributed by atoms with Gasteiger partial charge in [-0.1, -0.05) is 36.4 Å². The first-order chi connectivity index (χ1) is 19.3. The van der Waals surface area contributed by atoms with Crippen LogP contribution in [-0.2, 0) is 11.3 Å². The van der Waals surface area contributed by atoms with Crippen LogP contribution in [0.5, 0.6) is 0 Å². The van der Waals surface area contributed by atoms with Crippen LogP contribution in [0.25, 0.3) is 0 Å². The Hall–Kier alpha value is -3.86. The molecule has 3 heterocycles. The Kier molecular flexibility index (Phi) is 8.39. The van der Waals surface area contributed by atoms with Gasteiger partial charge in [0, 0.05) is 31.1 Å². The summed E-state index contributed by atoms with van der Waals surface area (Å²) in [6.45, 7) is 2.90. The largest absolute Gasteiger partial charge is 0.445 e. The lowest BCUT2D eigenvalue weighted by Crippen LogP contribution is -2.49. The number of hydrogen-bond donors (Lipinski definition) is 1. The van der Waals surface area contributed by atoms with E-state index in [1.165, 1.54) is 35.3 Å². The van der Waals surface area contributed by atoms with Crippen LogP contribution >= 0.6 is 11.3 Å². The number of nitrogens with one attached hydrogen (secondary N) is 1. The highest BCUT2D eigenvalue weighted by Gasteiger charge is 2.35. The maximum Gasteiger partial charge on any atom is 0.410 e. The summed E-state index contributed by atoms with van der Waals surface area (Å²) in [7, 11) is 0. The standard InChI is InChI=1S/C29H30F2N4O4S/c1-18-11-12-21(25(31)24(18)30)28(37)35-14-6-10-23(35)27-33-22(17-40-27)26(36)32-20-9-5-13-34(15-20)29(38)39-16-19-7-3-2-4-8-19/h2-4,7-8,11-12,17,20,23H,5-6,9-10,13-16H2,1H3,(H,32,36)/t20?,23-/m1/s1. The number of carbonyl (C=O) groups excluding carboxylic acids is 3. The predicted octanol–water partition coefficient (Wildman–Crippen LogP) is 5.24. The van der Waals surface area contributed by atoms with Gasteiger partial charge in [-0.05, 0) is 49.8 Å². The third-order valence-electron chi connectivity index (χ3n) is 7.28. The van der Waals surface area contributed by atoms with E-state index in [4.69, 9.17) is 4.74 Å². The number of ether oxygens (including phenoxy) is 1. The van der Waals surface area contributed by atoms with Gasteiger partial charge < -0.3 is 19.9 Å². The number of hydrogen-bond acceptors (Lipinski definition) is 6. The van der Waals surface area contributed by atoms with Crippen molar-refractivity contribution in [1.82, 2.24) is 20.1 Å². The molecule has 40 heavy (non-hydrogen) atoms. The van der Waals surface area contributed by atoms with Crippen molar-refractivity contribution in [2.45, 2.75) is 51.3 Å². The van der Waals surface area contributed by atoms with Crippen LogP contribution in [0.15, 0.2) is 47.8 Å². The molecule has 2 aliphatic heterocycles. The molecule has 1 aromatic heterocycles. The normalized spacial score (nSPS) is 19.0. The number of amides is 3. The average molecular weight is 569 g/mol. The molecule has 8 nitrogen and oxygen atoms in total. The number of nitrogens with zero attached hydrogens (tertiary/aromatic N) is 3. The number of piperidine rings is 1. The molecule has 2 saturated heterocycles. The highest BCUT2D eigenvalue weighted by atomic mass is 32.1. The van der Waals surface area contributed by atoms with Crippen molar-refractivity contribution in [3.8, 4) is 0 Å². The van der Waals surface area contributed by atoms with E-state index >= 15 is 0 Å². The Bertz CT molecular complexity index is 1400. The maximum absolute atomic E-state index is 14.5. The van der Waals surface area contributed by atoms with E-state index in [2.05, 4.69) is 10.3 Å². The summed E-state index contributed by atoms with van der Waals surface area (Å²) >= 11 is 1.26. The van der Waals surface area contributed by atoms with Crippen molar-refractivity contribution in [3.05, 3.63) is 86.9 Å². The number of thiazole rings is 1. The molecule has 1 N–H and O–H groups in total. The fraction of sp³-hybridized carbons (Fsp3) is 0.379. The van der Waals surface area contributed by atoms with Gasteiger partial charge in [-0.25, -0.2) is 18.6 Å². The van der Waals surface area contributed by atoms with Crippen LogP contribution in [0, 0.1) is 18.6 Å². The minimum Gasteiger partial charge on any atom is -0.445 e. The number of halogens is 2. The van der Waals surface area contributed by atoms with Crippen LogP contribution in [0.4, 0.5) is 13.6 Å². The lowest BCUT2D eigenvalue weighted by Gasteiger charge is -2.32. The van der Waals surface area contributed by atoms with Crippen molar-refractivity contribution < 1.29 is 27.9 Å². The molecule has 5 rings (SSSR count). The van der Waals surface area contributed by atoms with Gasteiger partial charge in [0.2, 0.25) is 0 Å². The number of likely N-dealkylation sites (tertiary alicyclic amines) is 2. The molecule has 0 spiro atoms. The van der Waals surface area contributed by atoms with Crippen molar-refractivity contribution in [2.24, 2.45) is 0 Å². The van der Waals surface area contributed by atoms with E-state index in [1.807, 2.05) is 30.3 Å². The Morgan fingerprint density at radius 2 is 1.82 bits per heavy atom. The average Bonchev–Trinajstić information content (AvgIpc) is 3.65. The van der Waals surface area contributed by atoms with Gasteiger partial charge in [0.25, 0.3) is 11.8 Å². The third-order valence-corrected chi connectivity index (χ3v) is 8.23. The second kappa shape index (κ2) is 12.1. The van der Waals surface area contributed by atoms with Crippen molar-refractivity contribution in [2.75, 3.05) is 19.6 Å². The molecular weight excluding hydrogens is 538 g/mol. The van der Waals surface area contributed by atoms with E-state index in [9.17, 15) is 23.2 Å². The summed E-state index contributed by atoms with van der Waals surface area (Å²) in [5, 5.41) is 5.16. The van der Waals surface area contributed by atoms with Gasteiger partial charge in [0.05, 0.1) is 11.6 Å². The van der Waals surface area contributed by atoms with Gasteiger partial charge in [-0.3, -0.25) is 9.59 Å². The molecule has 210 valence electrons. The van der Waals surface area contributed by atoms with Crippen LogP contribution < -0.4 is 5.32 Å². The molecule has 2 fully saturated rings. The molecule has 3 aromatic rings. The lowest BCUT2D eigenvalue weighted by atomic mass is 10.1. The fourth-order valence-corrected chi connectivity index (χ4v) is 6.05. The van der Waals surface area contributed by atoms with E-state index in [-0.39, 0.29) is 35.4 Å². The highest BCUT2D eigenvalue weighted by molar-refractivity contribution is 7.09. The second-order valence-electron chi connectivity index (χ2n) is 10.1. The Morgan fingerprint density at radius 1 is 1.05 bits per heavy atom. The smallest absolute Gasteiger partial charge is 0.410 e. The molecule has 2 aromatic carbocycles. The number of carbonyl (C=O) groups is 3. The summed E-state index contributed by atoms with van der Waals surface area (Å²) in [5.41, 5.74) is 0.938. The SMILES string of the molecule is Cc1ccc(C(=O)N2CCC[C@@H]2c2nc(C(=O)NC3CCCN(C(=O)OCc4ccccc4)C3)cs2)c(F)c1F. The monoisotopic (exact) mass is 568 g/mol. The minimum absolute atomic E-state index is 0.132. The number of aromatic nitrogens is 1. The summed E-state index contributed by atoms with van der Waals surface area (Å²) in [4.78, 5) is 46.3. The topological polar surface area (TPSA) is 91.8 Å². The summed E-state index contributed by atoms with van der Waals surface area (Å²) in [5.74, 6) is -3.14. The first-order valence-electron chi connectivity index (χ1n) is 13.3. The Balaban J connectivity index is 1.19. The molecule has 2 aliphatic rings. The molecule has 1 unspecified atom stereocenters. The van der Waals surface area contributed by atoms with Crippen molar-refractivity contribution in [3.63, 3.8) is 0 Å². The van der Waals surface area contributed by atoms with E-state index < -0.39 is 29.7 Å². The quantitative estimate of drug-likeness (QED) is 0.439. The van der Waals surface area contributed by atoms with E-state index in [0.717, 1.165) is 18.4 Å². The molecule has 0 saturated carbocycles. The molecular formula is C29H30F2N4O4S. The van der Waals surface area contributed by atoms with Gasteiger partial charge in [0.15, 0.2) is 11.6 Å². The molecule has 0 aliphatic carbocycles. The zero-order valence-corrected chi connectivity index (χ0v) is 22.9. The molecule has 2 atom stereocenters. The van der Waals surface area contributed by atoms with Crippen molar-refractivity contribution in [1.29, 1.82) is 0 Å². The lowest BCUT2D eigenvalue weighted by molar-refractivity contribution is 0.0728.